The molecule has 3 rings (SSSR count). The quantitative estimate of drug-likeness (QED) is 0.521. The summed E-state index contributed by atoms with van der Waals surface area (Å²) < 4.78 is 12.4. The summed E-state index contributed by atoms with van der Waals surface area (Å²) in [6, 6.07) is 5.67. The highest BCUT2D eigenvalue weighted by Crippen LogP contribution is 2.30. The highest BCUT2D eigenvalue weighted by atomic mass is 35.5. The maximum atomic E-state index is 12.8. The van der Waals surface area contributed by atoms with Crippen molar-refractivity contribution in [3.05, 3.63) is 46.2 Å². The maximum Gasteiger partial charge on any atom is 0.265 e. The van der Waals surface area contributed by atoms with E-state index < -0.39 is 0 Å². The second-order valence-electron chi connectivity index (χ2n) is 7.00. The van der Waals surface area contributed by atoms with E-state index in [-0.39, 0.29) is 5.91 Å². The number of ether oxygens (including phenoxy) is 2. The Morgan fingerprint density at radius 1 is 1.29 bits per heavy atom. The van der Waals surface area contributed by atoms with Crippen LogP contribution < -0.4 is 14.8 Å². The number of methoxy groups -OCH3 is 2. The van der Waals surface area contributed by atoms with E-state index in [0.29, 0.717) is 41.4 Å². The number of amides is 1. The van der Waals surface area contributed by atoms with Gasteiger partial charge < -0.3 is 14.8 Å². The van der Waals surface area contributed by atoms with Crippen LogP contribution in [0.3, 0.4) is 0 Å². The molecule has 166 valence electrons. The second kappa shape index (κ2) is 10.0. The zero-order chi connectivity index (χ0) is 22.5. The minimum absolute atomic E-state index is 0.167. The van der Waals surface area contributed by atoms with E-state index in [0.717, 1.165) is 23.2 Å². The first-order valence-electron chi connectivity index (χ1n) is 9.81. The molecular formula is C21H26ClN5O3S. The van der Waals surface area contributed by atoms with E-state index in [9.17, 15) is 4.79 Å². The van der Waals surface area contributed by atoms with E-state index in [4.69, 9.17) is 33.3 Å². The summed E-state index contributed by atoms with van der Waals surface area (Å²) >= 11 is 11.8. The lowest BCUT2D eigenvalue weighted by Gasteiger charge is -2.29. The number of nitrogens with one attached hydrogen (secondary N) is 1. The van der Waals surface area contributed by atoms with Crippen molar-refractivity contribution in [2.75, 3.05) is 27.3 Å². The first-order chi connectivity index (χ1) is 14.9. The molecule has 31 heavy (non-hydrogen) atoms. The first kappa shape index (κ1) is 22.9. The van der Waals surface area contributed by atoms with Crippen LogP contribution in [0.5, 0.6) is 11.5 Å². The lowest BCUT2D eigenvalue weighted by Crippen LogP contribution is -2.48. The number of halogens is 1. The smallest absolute Gasteiger partial charge is 0.265 e. The lowest BCUT2D eigenvalue weighted by atomic mass is 10.2. The van der Waals surface area contributed by atoms with Gasteiger partial charge in [0.2, 0.25) is 0 Å². The highest BCUT2D eigenvalue weighted by Gasteiger charge is 2.27. The largest absolute Gasteiger partial charge is 0.493 e. The Labute approximate surface area is 192 Å². The molecule has 0 bridgehead atoms. The number of rotatable bonds is 6. The molecular weight excluding hydrogens is 438 g/mol. The number of carbonyl (C=O) groups excluding carboxylic acids is 1. The Kier molecular flexibility index (Phi) is 7.40. The number of benzene rings is 1. The normalized spacial score (nSPS) is 13.7. The van der Waals surface area contributed by atoms with Gasteiger partial charge in [-0.1, -0.05) is 23.7 Å². The van der Waals surface area contributed by atoms with Gasteiger partial charge in [-0.05, 0) is 37.7 Å². The number of para-hydroxylation sites is 1. The van der Waals surface area contributed by atoms with Gasteiger partial charge in [0.25, 0.3) is 5.91 Å². The Morgan fingerprint density at radius 2 is 2.03 bits per heavy atom. The zero-order valence-electron chi connectivity index (χ0n) is 18.0. The van der Waals surface area contributed by atoms with E-state index >= 15 is 0 Å². The fourth-order valence-corrected chi connectivity index (χ4v) is 3.98. The Balaban J connectivity index is 1.66. The SMILES string of the molecule is COc1cccc(CNC(=S)N2CCCN2C(=O)C=Cc2c(C)nn(C)c2Cl)c1OC. The van der Waals surface area contributed by atoms with Gasteiger partial charge in [-0.3, -0.25) is 14.5 Å². The van der Waals surface area contributed by atoms with Crippen LogP contribution in [0.2, 0.25) is 5.15 Å². The van der Waals surface area contributed by atoms with E-state index in [1.807, 2.05) is 25.1 Å². The van der Waals surface area contributed by atoms with Crippen molar-refractivity contribution >= 4 is 40.9 Å². The molecule has 1 aromatic carbocycles. The molecule has 2 aromatic rings. The van der Waals surface area contributed by atoms with Gasteiger partial charge in [0.1, 0.15) is 5.15 Å². The summed E-state index contributed by atoms with van der Waals surface area (Å²) in [7, 11) is 4.96. The molecule has 1 saturated heterocycles. The monoisotopic (exact) mass is 463 g/mol. The van der Waals surface area contributed by atoms with Crippen LogP contribution in [-0.4, -0.2) is 58.1 Å². The molecule has 0 radical (unpaired) electrons. The molecule has 0 atom stereocenters. The van der Waals surface area contributed by atoms with Crippen molar-refractivity contribution in [1.82, 2.24) is 25.1 Å². The molecule has 1 amide bonds. The van der Waals surface area contributed by atoms with Gasteiger partial charge in [0.15, 0.2) is 16.6 Å². The second-order valence-corrected chi connectivity index (χ2v) is 7.74. The first-order valence-corrected chi connectivity index (χ1v) is 10.6. The number of aromatic nitrogens is 2. The molecule has 1 N–H and O–H groups in total. The molecule has 1 aliphatic heterocycles. The molecule has 0 unspecified atom stereocenters. The molecule has 0 aliphatic carbocycles. The van der Waals surface area contributed by atoms with E-state index in [1.54, 1.807) is 42.0 Å². The predicted octanol–water partition coefficient (Wildman–Crippen LogP) is 2.94. The van der Waals surface area contributed by atoms with Crippen LogP contribution in [0.4, 0.5) is 0 Å². The summed E-state index contributed by atoms with van der Waals surface area (Å²) in [4.78, 5) is 12.8. The van der Waals surface area contributed by atoms with Gasteiger partial charge in [-0.25, -0.2) is 5.01 Å². The number of carbonyl (C=O) groups is 1. The molecule has 1 aliphatic rings. The van der Waals surface area contributed by atoms with Crippen molar-refractivity contribution in [2.24, 2.45) is 7.05 Å². The number of thiocarbonyl (C=S) groups is 1. The van der Waals surface area contributed by atoms with Crippen molar-refractivity contribution in [1.29, 1.82) is 0 Å². The van der Waals surface area contributed by atoms with Crippen LogP contribution in [0, 0.1) is 6.92 Å². The summed E-state index contributed by atoms with van der Waals surface area (Å²) in [6.07, 6.45) is 4.03. The minimum atomic E-state index is -0.167. The van der Waals surface area contributed by atoms with E-state index in [1.165, 1.54) is 6.08 Å². The summed E-state index contributed by atoms with van der Waals surface area (Å²) in [5.41, 5.74) is 2.40. The van der Waals surface area contributed by atoms with Gasteiger partial charge in [0.05, 0.1) is 19.9 Å². The van der Waals surface area contributed by atoms with Gasteiger partial charge in [-0.15, -0.1) is 0 Å². The van der Waals surface area contributed by atoms with Crippen molar-refractivity contribution in [2.45, 2.75) is 19.9 Å². The van der Waals surface area contributed by atoms with Gasteiger partial charge in [0, 0.05) is 43.9 Å². The molecule has 1 aromatic heterocycles. The molecule has 0 spiro atoms. The van der Waals surface area contributed by atoms with Gasteiger partial charge >= 0.3 is 0 Å². The van der Waals surface area contributed by atoms with Crippen molar-refractivity contribution in [3.8, 4) is 11.5 Å². The number of hydrogen-bond donors (Lipinski definition) is 1. The average Bonchev–Trinajstić information content (AvgIpc) is 3.35. The average molecular weight is 464 g/mol. The minimum Gasteiger partial charge on any atom is -0.493 e. The molecule has 10 heteroatoms. The number of aryl methyl sites for hydroxylation is 2. The fourth-order valence-electron chi connectivity index (χ4n) is 3.48. The standard InChI is InChI=1S/C21H26ClN5O3S/c1-14-16(20(22)25(2)24-14)9-10-18(28)26-11-6-12-27(26)21(31)23-13-15-7-5-8-17(29-3)19(15)30-4/h5,7-10H,6,11-13H2,1-4H3,(H,23,31). The fraction of sp³-hybridized carbons (Fsp3) is 0.381. The third-order valence-electron chi connectivity index (χ3n) is 5.02. The third kappa shape index (κ3) is 4.94. The predicted molar refractivity (Wildman–Crippen MR) is 124 cm³/mol. The maximum absolute atomic E-state index is 12.8. The molecule has 8 nitrogen and oxygen atoms in total. The van der Waals surface area contributed by atoms with Crippen LogP contribution in [-0.2, 0) is 18.4 Å². The number of nitrogens with zero attached hydrogens (tertiary/aromatic N) is 4. The van der Waals surface area contributed by atoms with Crippen LogP contribution in [0.25, 0.3) is 6.08 Å². The highest BCUT2D eigenvalue weighted by molar-refractivity contribution is 7.80. The van der Waals surface area contributed by atoms with Crippen molar-refractivity contribution in [3.63, 3.8) is 0 Å². The third-order valence-corrected chi connectivity index (χ3v) is 5.83. The topological polar surface area (TPSA) is 71.9 Å². The van der Waals surface area contributed by atoms with Crippen LogP contribution in [0.1, 0.15) is 23.2 Å². The summed E-state index contributed by atoms with van der Waals surface area (Å²) in [5.74, 6) is 1.14. The number of hydrogen-bond acceptors (Lipinski definition) is 5. The summed E-state index contributed by atoms with van der Waals surface area (Å²) in [5, 5.41) is 11.9. The summed E-state index contributed by atoms with van der Waals surface area (Å²) in [6.45, 7) is 3.54. The molecule has 1 fully saturated rings. The molecule has 2 heterocycles. The molecule has 0 saturated carbocycles. The van der Waals surface area contributed by atoms with E-state index in [2.05, 4.69) is 10.4 Å². The van der Waals surface area contributed by atoms with Crippen LogP contribution in [0.15, 0.2) is 24.3 Å². The van der Waals surface area contributed by atoms with Crippen molar-refractivity contribution < 1.29 is 14.3 Å². The zero-order valence-corrected chi connectivity index (χ0v) is 19.6. The lowest BCUT2D eigenvalue weighted by molar-refractivity contribution is -0.133. The Hall–Kier alpha value is -2.78. The Morgan fingerprint density at radius 3 is 2.68 bits per heavy atom. The van der Waals surface area contributed by atoms with Crippen LogP contribution >= 0.6 is 23.8 Å². The van der Waals surface area contributed by atoms with Gasteiger partial charge in [-0.2, -0.15) is 5.10 Å². The Bertz CT molecular complexity index is 1010. The number of hydrazine groups is 1.